The summed E-state index contributed by atoms with van der Waals surface area (Å²) in [4.78, 5) is 23.3. The first-order valence-corrected chi connectivity index (χ1v) is 8.56. The normalized spacial score (nSPS) is 15.4. The van der Waals surface area contributed by atoms with Gasteiger partial charge in [0.15, 0.2) is 0 Å². The molecule has 0 spiro atoms. The van der Waals surface area contributed by atoms with Gasteiger partial charge in [-0.2, -0.15) is 13.2 Å². The number of nitrogens with one attached hydrogen (secondary N) is 1. The van der Waals surface area contributed by atoms with E-state index in [2.05, 4.69) is 9.97 Å². The highest BCUT2D eigenvalue weighted by Crippen LogP contribution is 2.32. The summed E-state index contributed by atoms with van der Waals surface area (Å²) in [5.74, 6) is 0.522. The topological polar surface area (TPSA) is 52.2 Å². The molecular formula is C18H21F3N4O. The van der Waals surface area contributed by atoms with Crippen molar-refractivity contribution >= 4 is 11.6 Å². The number of benzene rings is 1. The van der Waals surface area contributed by atoms with Crippen LogP contribution in [0.5, 0.6) is 0 Å². The molecule has 0 unspecified atom stereocenters. The monoisotopic (exact) mass is 366 g/mol. The summed E-state index contributed by atoms with van der Waals surface area (Å²) in [6, 6.07) is 5.37. The molecule has 5 nitrogen and oxygen atoms in total. The van der Waals surface area contributed by atoms with Gasteiger partial charge in [-0.25, -0.2) is 4.98 Å². The highest BCUT2D eigenvalue weighted by Gasteiger charge is 2.31. The zero-order valence-electron chi connectivity index (χ0n) is 14.7. The van der Waals surface area contributed by atoms with Crippen molar-refractivity contribution in [1.82, 2.24) is 9.97 Å². The molecule has 1 aromatic heterocycles. The standard InChI is InChI=1S/C18H21F3N4O/c1-3-15-12(2)22-17(23-16(15)26)25-9-7-24(8-10-25)14-6-4-5-13(11-14)18(19,20)21/h4-6,11H,3,7-10H2,1-2H3,(H,22,23,26). The Morgan fingerprint density at radius 3 is 2.38 bits per heavy atom. The smallest absolute Gasteiger partial charge is 0.368 e. The molecule has 2 aromatic rings. The van der Waals surface area contributed by atoms with Crippen LogP contribution >= 0.6 is 0 Å². The summed E-state index contributed by atoms with van der Waals surface area (Å²) in [7, 11) is 0. The molecule has 26 heavy (non-hydrogen) atoms. The highest BCUT2D eigenvalue weighted by molar-refractivity contribution is 5.51. The number of H-pyrrole nitrogens is 1. The number of halogens is 3. The van der Waals surface area contributed by atoms with E-state index >= 15 is 0 Å². The molecule has 0 amide bonds. The van der Waals surface area contributed by atoms with Crippen LogP contribution in [-0.4, -0.2) is 36.1 Å². The van der Waals surface area contributed by atoms with Gasteiger partial charge in [0.2, 0.25) is 5.95 Å². The molecule has 0 atom stereocenters. The molecule has 1 saturated heterocycles. The Hall–Kier alpha value is -2.51. The molecule has 140 valence electrons. The van der Waals surface area contributed by atoms with Crippen LogP contribution in [0.25, 0.3) is 0 Å². The molecule has 8 heteroatoms. The molecule has 1 N–H and O–H groups in total. The fraction of sp³-hybridized carbons (Fsp3) is 0.444. The molecule has 1 aromatic carbocycles. The van der Waals surface area contributed by atoms with Gasteiger partial charge < -0.3 is 9.80 Å². The van der Waals surface area contributed by atoms with Crippen LogP contribution in [0.1, 0.15) is 23.7 Å². The third kappa shape index (κ3) is 3.68. The fourth-order valence-corrected chi connectivity index (χ4v) is 3.22. The minimum atomic E-state index is -4.35. The lowest BCUT2D eigenvalue weighted by Gasteiger charge is -2.36. The second-order valence-corrected chi connectivity index (χ2v) is 6.33. The van der Waals surface area contributed by atoms with Crippen molar-refractivity contribution < 1.29 is 13.2 Å². The van der Waals surface area contributed by atoms with Crippen molar-refractivity contribution in [2.45, 2.75) is 26.4 Å². The van der Waals surface area contributed by atoms with Crippen LogP contribution < -0.4 is 15.4 Å². The Morgan fingerprint density at radius 2 is 1.81 bits per heavy atom. The lowest BCUT2D eigenvalue weighted by Crippen LogP contribution is -2.47. The van der Waals surface area contributed by atoms with Crippen molar-refractivity contribution in [3.05, 3.63) is 51.4 Å². The molecule has 0 bridgehead atoms. The second-order valence-electron chi connectivity index (χ2n) is 6.33. The first-order chi connectivity index (χ1) is 12.3. The SMILES string of the molecule is CCc1c(C)nc(N2CCN(c3cccc(C(F)(F)F)c3)CC2)[nH]c1=O. The summed E-state index contributed by atoms with van der Waals surface area (Å²) < 4.78 is 38.7. The van der Waals surface area contributed by atoms with Gasteiger partial charge in [0, 0.05) is 43.1 Å². The number of hydrogen-bond acceptors (Lipinski definition) is 4. The summed E-state index contributed by atoms with van der Waals surface area (Å²) in [6.45, 7) is 5.98. The minimum absolute atomic E-state index is 0.129. The lowest BCUT2D eigenvalue weighted by atomic mass is 10.1. The molecule has 1 aliphatic rings. The summed E-state index contributed by atoms with van der Waals surface area (Å²) in [6.07, 6.45) is -3.72. The molecule has 1 fully saturated rings. The Bertz CT molecular complexity index is 839. The van der Waals surface area contributed by atoms with E-state index < -0.39 is 11.7 Å². The van der Waals surface area contributed by atoms with Crippen LogP contribution in [0.2, 0.25) is 0 Å². The van der Waals surface area contributed by atoms with E-state index in [0.29, 0.717) is 55.5 Å². The number of nitrogens with zero attached hydrogens (tertiary/aromatic N) is 3. The molecule has 1 aliphatic heterocycles. The van der Waals surface area contributed by atoms with Crippen LogP contribution in [0.3, 0.4) is 0 Å². The van der Waals surface area contributed by atoms with Gasteiger partial charge in [-0.05, 0) is 31.5 Å². The van der Waals surface area contributed by atoms with E-state index in [1.165, 1.54) is 12.1 Å². The van der Waals surface area contributed by atoms with E-state index in [1.807, 2.05) is 23.6 Å². The summed E-state index contributed by atoms with van der Waals surface area (Å²) in [5.41, 5.74) is 1.17. The first-order valence-electron chi connectivity index (χ1n) is 8.56. The number of hydrogen-bond donors (Lipinski definition) is 1. The highest BCUT2D eigenvalue weighted by atomic mass is 19.4. The van der Waals surface area contributed by atoms with E-state index in [4.69, 9.17) is 0 Å². The van der Waals surface area contributed by atoms with Gasteiger partial charge in [-0.3, -0.25) is 9.78 Å². The molecule has 2 heterocycles. The minimum Gasteiger partial charge on any atom is -0.368 e. The maximum atomic E-state index is 12.9. The largest absolute Gasteiger partial charge is 0.416 e. The maximum Gasteiger partial charge on any atom is 0.416 e. The Balaban J connectivity index is 1.73. The van der Waals surface area contributed by atoms with Crippen LogP contribution in [0.4, 0.5) is 24.8 Å². The number of anilines is 2. The molecule has 0 saturated carbocycles. The predicted octanol–water partition coefficient (Wildman–Crippen LogP) is 2.99. The van der Waals surface area contributed by atoms with Gasteiger partial charge in [-0.1, -0.05) is 13.0 Å². The Kier molecular flexibility index (Phi) is 4.93. The molecule has 0 aliphatic carbocycles. The quantitative estimate of drug-likeness (QED) is 0.907. The number of piperazine rings is 1. The van der Waals surface area contributed by atoms with Crippen LogP contribution in [-0.2, 0) is 12.6 Å². The van der Waals surface area contributed by atoms with Crippen molar-refractivity contribution in [2.24, 2.45) is 0 Å². The summed E-state index contributed by atoms with van der Waals surface area (Å²) >= 11 is 0. The number of aromatic nitrogens is 2. The van der Waals surface area contributed by atoms with Crippen LogP contribution in [0.15, 0.2) is 29.1 Å². The summed E-state index contributed by atoms with van der Waals surface area (Å²) in [5, 5.41) is 0. The van der Waals surface area contributed by atoms with E-state index in [9.17, 15) is 18.0 Å². The van der Waals surface area contributed by atoms with Crippen LogP contribution in [0, 0.1) is 6.92 Å². The molecular weight excluding hydrogens is 345 g/mol. The third-order valence-corrected chi connectivity index (χ3v) is 4.68. The maximum absolute atomic E-state index is 12.9. The Labute approximate surface area is 149 Å². The Morgan fingerprint density at radius 1 is 1.15 bits per heavy atom. The predicted molar refractivity (Wildman–Crippen MR) is 94.8 cm³/mol. The number of aryl methyl sites for hydroxylation is 1. The van der Waals surface area contributed by atoms with Gasteiger partial charge in [0.1, 0.15) is 0 Å². The van der Waals surface area contributed by atoms with Gasteiger partial charge in [0.25, 0.3) is 5.56 Å². The first kappa shape index (κ1) is 18.3. The fourth-order valence-electron chi connectivity index (χ4n) is 3.22. The average molecular weight is 366 g/mol. The zero-order chi connectivity index (χ0) is 18.9. The molecule has 0 radical (unpaired) electrons. The van der Waals surface area contributed by atoms with Crippen molar-refractivity contribution in [3.63, 3.8) is 0 Å². The van der Waals surface area contributed by atoms with Gasteiger partial charge >= 0.3 is 6.18 Å². The number of aromatic amines is 1. The second kappa shape index (κ2) is 7.01. The van der Waals surface area contributed by atoms with Crippen molar-refractivity contribution in [1.29, 1.82) is 0 Å². The van der Waals surface area contributed by atoms with Gasteiger partial charge in [-0.15, -0.1) is 0 Å². The third-order valence-electron chi connectivity index (χ3n) is 4.68. The van der Waals surface area contributed by atoms with E-state index in [-0.39, 0.29) is 5.56 Å². The van der Waals surface area contributed by atoms with E-state index in [1.54, 1.807) is 6.07 Å². The zero-order valence-corrected chi connectivity index (χ0v) is 14.7. The van der Waals surface area contributed by atoms with Crippen molar-refractivity contribution in [2.75, 3.05) is 36.0 Å². The van der Waals surface area contributed by atoms with Gasteiger partial charge in [0.05, 0.1) is 5.56 Å². The molecule has 3 rings (SSSR count). The van der Waals surface area contributed by atoms with Crippen molar-refractivity contribution in [3.8, 4) is 0 Å². The number of alkyl halides is 3. The lowest BCUT2D eigenvalue weighted by molar-refractivity contribution is -0.137. The number of rotatable bonds is 3. The van der Waals surface area contributed by atoms with E-state index in [0.717, 1.165) is 6.07 Å². The average Bonchev–Trinajstić information content (AvgIpc) is 2.61.